The number of thiazole rings is 1. The van der Waals surface area contributed by atoms with E-state index < -0.39 is 15.3 Å². The van der Waals surface area contributed by atoms with Crippen molar-refractivity contribution in [2.45, 2.75) is 11.8 Å². The van der Waals surface area contributed by atoms with E-state index in [0.29, 0.717) is 21.3 Å². The molecule has 0 spiro atoms. The lowest BCUT2D eigenvalue weighted by molar-refractivity contribution is 0.595. The molecule has 0 amide bonds. The molecule has 21 heavy (non-hydrogen) atoms. The highest BCUT2D eigenvalue weighted by Crippen LogP contribution is 2.31. The number of hydrogen-bond acceptors (Lipinski definition) is 5. The fraction of sp³-hybridized carbons (Fsp3) is 0.154. The van der Waals surface area contributed by atoms with Crippen LogP contribution in [0.5, 0.6) is 0 Å². The molecule has 0 fully saturated rings. The van der Waals surface area contributed by atoms with Gasteiger partial charge < -0.3 is 5.73 Å². The fourth-order valence-electron chi connectivity index (χ4n) is 1.94. The van der Waals surface area contributed by atoms with Gasteiger partial charge >= 0.3 is 0 Å². The Balaban J connectivity index is 2.44. The number of anilines is 1. The van der Waals surface area contributed by atoms with Crippen LogP contribution >= 0.6 is 22.9 Å². The predicted octanol–water partition coefficient (Wildman–Crippen LogP) is 2.92. The third kappa shape index (κ3) is 3.44. The molecule has 8 heteroatoms. The summed E-state index contributed by atoms with van der Waals surface area (Å²) in [5.41, 5.74) is 6.79. The van der Waals surface area contributed by atoms with Gasteiger partial charge in [-0.15, -0.1) is 17.9 Å². The first kappa shape index (κ1) is 16.0. The molecular formula is C13H14ClN3O2S2. The summed E-state index contributed by atoms with van der Waals surface area (Å²) in [4.78, 5) is 3.92. The number of rotatable bonds is 6. The van der Waals surface area contributed by atoms with Crippen LogP contribution in [0.1, 0.15) is 16.4 Å². The van der Waals surface area contributed by atoms with E-state index in [-0.39, 0.29) is 6.54 Å². The van der Waals surface area contributed by atoms with E-state index in [2.05, 4.69) is 16.3 Å². The van der Waals surface area contributed by atoms with Crippen LogP contribution in [-0.4, -0.2) is 13.4 Å². The van der Waals surface area contributed by atoms with Crippen molar-refractivity contribution in [2.75, 3.05) is 4.72 Å². The third-order valence-corrected chi connectivity index (χ3v) is 5.64. The number of aromatic nitrogens is 1. The zero-order valence-corrected chi connectivity index (χ0v) is 13.4. The molecule has 2 aromatic rings. The summed E-state index contributed by atoms with van der Waals surface area (Å²) >= 11 is 7.28. The molecule has 0 aliphatic heterocycles. The molecule has 0 saturated carbocycles. The van der Waals surface area contributed by atoms with Gasteiger partial charge in [-0.05, 0) is 17.2 Å². The van der Waals surface area contributed by atoms with Crippen LogP contribution in [-0.2, 0) is 16.6 Å². The Kier molecular flexibility index (Phi) is 5.00. The number of benzene rings is 1. The van der Waals surface area contributed by atoms with Crippen molar-refractivity contribution < 1.29 is 8.42 Å². The van der Waals surface area contributed by atoms with Gasteiger partial charge in [0.25, 0.3) is 0 Å². The average molecular weight is 344 g/mol. The van der Waals surface area contributed by atoms with Crippen LogP contribution in [0.25, 0.3) is 0 Å². The van der Waals surface area contributed by atoms with Gasteiger partial charge in [0, 0.05) is 23.1 Å². The van der Waals surface area contributed by atoms with Gasteiger partial charge in [-0.1, -0.05) is 29.8 Å². The number of sulfonamides is 1. The van der Waals surface area contributed by atoms with E-state index in [1.165, 1.54) is 23.6 Å². The molecule has 0 bridgehead atoms. The Bertz CT molecular complexity index is 730. The predicted molar refractivity (Wildman–Crippen MR) is 86.9 cm³/mol. The van der Waals surface area contributed by atoms with E-state index >= 15 is 0 Å². The van der Waals surface area contributed by atoms with Crippen molar-refractivity contribution >= 4 is 38.1 Å². The van der Waals surface area contributed by atoms with Crippen molar-refractivity contribution in [3.8, 4) is 0 Å². The monoisotopic (exact) mass is 343 g/mol. The molecule has 1 aromatic heterocycles. The fourth-order valence-corrected chi connectivity index (χ4v) is 4.34. The minimum atomic E-state index is -3.73. The van der Waals surface area contributed by atoms with Gasteiger partial charge in [0.1, 0.15) is 5.25 Å². The number of nitrogens with one attached hydrogen (secondary N) is 1. The lowest BCUT2D eigenvalue weighted by Crippen LogP contribution is -2.21. The van der Waals surface area contributed by atoms with Gasteiger partial charge in [0.15, 0.2) is 5.13 Å². The first-order chi connectivity index (χ1) is 9.99. The topological polar surface area (TPSA) is 85.1 Å². The maximum absolute atomic E-state index is 12.5. The Hall–Kier alpha value is -1.41. The molecule has 3 N–H and O–H groups in total. The molecule has 0 aliphatic carbocycles. The zero-order valence-electron chi connectivity index (χ0n) is 11.0. The summed E-state index contributed by atoms with van der Waals surface area (Å²) in [6.07, 6.45) is 2.87. The summed E-state index contributed by atoms with van der Waals surface area (Å²) in [5, 5.41) is 1.47. The molecule has 0 saturated heterocycles. The highest BCUT2D eigenvalue weighted by molar-refractivity contribution is 7.93. The SMILES string of the molecule is C=CC(c1cccc(Cl)c1CN)S(=O)(=O)Nc1nccs1. The van der Waals surface area contributed by atoms with Crippen LogP contribution < -0.4 is 10.5 Å². The zero-order chi connectivity index (χ0) is 15.5. The van der Waals surface area contributed by atoms with Crippen LogP contribution in [0, 0.1) is 0 Å². The van der Waals surface area contributed by atoms with Crippen LogP contribution in [0.3, 0.4) is 0 Å². The Morgan fingerprint density at radius 2 is 2.29 bits per heavy atom. The largest absolute Gasteiger partial charge is 0.326 e. The maximum Gasteiger partial charge on any atom is 0.245 e. The minimum absolute atomic E-state index is 0.145. The van der Waals surface area contributed by atoms with Gasteiger partial charge in [0.2, 0.25) is 10.0 Å². The van der Waals surface area contributed by atoms with Gasteiger partial charge in [-0.3, -0.25) is 4.72 Å². The Morgan fingerprint density at radius 1 is 1.52 bits per heavy atom. The van der Waals surface area contributed by atoms with E-state index in [1.807, 2.05) is 0 Å². The van der Waals surface area contributed by atoms with Gasteiger partial charge in [-0.2, -0.15) is 0 Å². The summed E-state index contributed by atoms with van der Waals surface area (Å²) in [7, 11) is -3.73. The van der Waals surface area contributed by atoms with Crippen LogP contribution in [0.2, 0.25) is 5.02 Å². The number of nitrogens with zero attached hydrogens (tertiary/aromatic N) is 1. The van der Waals surface area contributed by atoms with Crippen LogP contribution in [0.4, 0.5) is 5.13 Å². The van der Waals surface area contributed by atoms with Crippen molar-refractivity contribution in [3.05, 3.63) is 58.6 Å². The second kappa shape index (κ2) is 6.57. The summed E-state index contributed by atoms with van der Waals surface area (Å²) in [6.45, 7) is 3.76. The Labute approximate surface area is 132 Å². The standard InChI is InChI=1S/C13H14ClN3O2S2/c1-2-12(9-4-3-5-11(14)10(9)8-15)21(18,19)17-13-16-6-7-20-13/h2-7,12H,1,8,15H2,(H,16,17). The van der Waals surface area contributed by atoms with E-state index in [4.69, 9.17) is 17.3 Å². The maximum atomic E-state index is 12.5. The summed E-state index contributed by atoms with van der Waals surface area (Å²) in [6, 6.07) is 5.04. The molecule has 112 valence electrons. The summed E-state index contributed by atoms with van der Waals surface area (Å²) in [5.74, 6) is 0. The Morgan fingerprint density at radius 3 is 2.86 bits per heavy atom. The smallest absolute Gasteiger partial charge is 0.245 e. The average Bonchev–Trinajstić information content (AvgIpc) is 2.91. The number of nitrogens with two attached hydrogens (primary N) is 1. The minimum Gasteiger partial charge on any atom is -0.326 e. The highest BCUT2D eigenvalue weighted by atomic mass is 35.5. The molecule has 5 nitrogen and oxygen atoms in total. The second-order valence-electron chi connectivity index (χ2n) is 4.15. The normalized spacial score (nSPS) is 12.9. The van der Waals surface area contributed by atoms with Gasteiger partial charge in [0.05, 0.1) is 0 Å². The quantitative estimate of drug-likeness (QED) is 0.790. The number of hydrogen-bond donors (Lipinski definition) is 2. The van der Waals surface area contributed by atoms with E-state index in [9.17, 15) is 8.42 Å². The molecule has 1 atom stereocenters. The van der Waals surface area contributed by atoms with E-state index in [1.54, 1.807) is 23.6 Å². The second-order valence-corrected chi connectivity index (χ2v) is 7.26. The first-order valence-electron chi connectivity index (χ1n) is 6.00. The van der Waals surface area contributed by atoms with Crippen molar-refractivity contribution in [1.82, 2.24) is 4.98 Å². The molecule has 2 rings (SSSR count). The third-order valence-electron chi connectivity index (χ3n) is 2.88. The first-order valence-corrected chi connectivity index (χ1v) is 8.81. The highest BCUT2D eigenvalue weighted by Gasteiger charge is 2.27. The van der Waals surface area contributed by atoms with Gasteiger partial charge in [-0.25, -0.2) is 13.4 Å². The molecule has 1 unspecified atom stereocenters. The van der Waals surface area contributed by atoms with E-state index in [0.717, 1.165) is 0 Å². The lowest BCUT2D eigenvalue weighted by Gasteiger charge is -2.18. The lowest BCUT2D eigenvalue weighted by atomic mass is 10.0. The van der Waals surface area contributed by atoms with Crippen LogP contribution in [0.15, 0.2) is 42.4 Å². The van der Waals surface area contributed by atoms with Crippen molar-refractivity contribution in [2.24, 2.45) is 5.73 Å². The van der Waals surface area contributed by atoms with Crippen molar-refractivity contribution in [1.29, 1.82) is 0 Å². The summed E-state index contributed by atoms with van der Waals surface area (Å²) < 4.78 is 27.5. The molecular weight excluding hydrogens is 330 g/mol. The number of halogens is 1. The van der Waals surface area contributed by atoms with Crippen molar-refractivity contribution in [3.63, 3.8) is 0 Å². The molecule has 0 radical (unpaired) electrons. The molecule has 1 heterocycles. The molecule has 0 aliphatic rings. The molecule has 1 aromatic carbocycles.